The van der Waals surface area contributed by atoms with Gasteiger partial charge in [0.1, 0.15) is 0 Å². The van der Waals surface area contributed by atoms with E-state index >= 15 is 0 Å². The molecule has 0 bridgehead atoms. The topological polar surface area (TPSA) is 41.5 Å². The van der Waals surface area contributed by atoms with Crippen LogP contribution in [0, 0.1) is 5.41 Å². The van der Waals surface area contributed by atoms with Crippen molar-refractivity contribution in [1.29, 1.82) is 0 Å². The Hall–Kier alpha value is -0.120. The predicted octanol–water partition coefficient (Wildman–Crippen LogP) is 2.19. The van der Waals surface area contributed by atoms with E-state index in [9.17, 15) is 0 Å². The van der Waals surface area contributed by atoms with Gasteiger partial charge >= 0.3 is 0 Å². The van der Waals surface area contributed by atoms with Crippen LogP contribution < -0.4 is 5.32 Å². The third-order valence-electron chi connectivity index (χ3n) is 2.43. The van der Waals surface area contributed by atoms with Gasteiger partial charge in [-0.15, -0.1) is 0 Å². The summed E-state index contributed by atoms with van der Waals surface area (Å²) in [5.74, 6) is 0. The standard InChI is InChI=1S/C13H29NO2/c1-12(2,3)16-10-8-14-11-13(4,5)7-6-9-15/h14-15H,6-11H2,1-5H3. The number of hydrogen-bond donors (Lipinski definition) is 2. The van der Waals surface area contributed by atoms with E-state index in [0.717, 1.165) is 32.5 Å². The molecule has 0 saturated heterocycles. The van der Waals surface area contributed by atoms with Gasteiger partial charge in [-0.2, -0.15) is 0 Å². The van der Waals surface area contributed by atoms with Crippen LogP contribution in [0.2, 0.25) is 0 Å². The summed E-state index contributed by atoms with van der Waals surface area (Å²) in [5.41, 5.74) is 0.207. The maximum Gasteiger partial charge on any atom is 0.0599 e. The van der Waals surface area contributed by atoms with Gasteiger partial charge in [-0.1, -0.05) is 13.8 Å². The SMILES string of the molecule is CC(C)(CCCO)CNCCOC(C)(C)C. The van der Waals surface area contributed by atoms with Crippen LogP contribution in [-0.4, -0.2) is 37.0 Å². The molecule has 2 N–H and O–H groups in total. The molecule has 0 unspecified atom stereocenters. The van der Waals surface area contributed by atoms with E-state index < -0.39 is 0 Å². The van der Waals surface area contributed by atoms with Crippen LogP contribution >= 0.6 is 0 Å². The summed E-state index contributed by atoms with van der Waals surface area (Å²) in [4.78, 5) is 0. The second kappa shape index (κ2) is 7.25. The molecular formula is C13H29NO2. The fraction of sp³-hybridized carbons (Fsp3) is 1.00. The Bertz CT molecular complexity index is 173. The van der Waals surface area contributed by atoms with Crippen molar-refractivity contribution in [2.24, 2.45) is 5.41 Å². The normalized spacial score (nSPS) is 13.1. The Labute approximate surface area is 101 Å². The fourth-order valence-corrected chi connectivity index (χ4v) is 1.50. The first kappa shape index (κ1) is 15.9. The summed E-state index contributed by atoms with van der Waals surface area (Å²) in [6.07, 6.45) is 1.93. The van der Waals surface area contributed by atoms with Crippen LogP contribution in [0.5, 0.6) is 0 Å². The lowest BCUT2D eigenvalue weighted by atomic mass is 9.88. The van der Waals surface area contributed by atoms with Crippen molar-refractivity contribution >= 4 is 0 Å². The molecule has 0 atom stereocenters. The number of aliphatic hydroxyl groups excluding tert-OH is 1. The van der Waals surface area contributed by atoms with Gasteiger partial charge in [0.05, 0.1) is 12.2 Å². The smallest absolute Gasteiger partial charge is 0.0599 e. The largest absolute Gasteiger partial charge is 0.396 e. The van der Waals surface area contributed by atoms with Gasteiger partial charge in [-0.25, -0.2) is 0 Å². The molecule has 0 amide bonds. The van der Waals surface area contributed by atoms with Crippen LogP contribution in [0.3, 0.4) is 0 Å². The molecule has 16 heavy (non-hydrogen) atoms. The number of rotatable bonds is 8. The lowest BCUT2D eigenvalue weighted by molar-refractivity contribution is -0.00143. The van der Waals surface area contributed by atoms with E-state index in [0.29, 0.717) is 0 Å². The molecule has 0 aromatic heterocycles. The summed E-state index contributed by atoms with van der Waals surface area (Å²) in [7, 11) is 0. The quantitative estimate of drug-likeness (QED) is 0.629. The molecule has 0 spiro atoms. The van der Waals surface area contributed by atoms with E-state index in [4.69, 9.17) is 9.84 Å². The minimum absolute atomic E-state index is 0.0475. The highest BCUT2D eigenvalue weighted by molar-refractivity contribution is 4.71. The first-order chi connectivity index (χ1) is 7.27. The van der Waals surface area contributed by atoms with Crippen molar-refractivity contribution < 1.29 is 9.84 Å². The van der Waals surface area contributed by atoms with E-state index in [-0.39, 0.29) is 17.6 Å². The highest BCUT2D eigenvalue weighted by Gasteiger charge is 2.16. The molecular weight excluding hydrogens is 202 g/mol. The second-order valence-electron chi connectivity index (χ2n) is 6.13. The summed E-state index contributed by atoms with van der Waals surface area (Å²) >= 11 is 0. The monoisotopic (exact) mass is 231 g/mol. The zero-order chi connectivity index (χ0) is 12.7. The zero-order valence-corrected chi connectivity index (χ0v) is 11.6. The Morgan fingerprint density at radius 3 is 2.25 bits per heavy atom. The Morgan fingerprint density at radius 2 is 1.75 bits per heavy atom. The number of aliphatic hydroxyl groups is 1. The first-order valence-electron chi connectivity index (χ1n) is 6.22. The summed E-state index contributed by atoms with van der Waals surface area (Å²) in [6.45, 7) is 13.5. The molecule has 0 fully saturated rings. The summed E-state index contributed by atoms with van der Waals surface area (Å²) in [6, 6.07) is 0. The van der Waals surface area contributed by atoms with Crippen molar-refractivity contribution in [1.82, 2.24) is 5.32 Å². The van der Waals surface area contributed by atoms with Crippen molar-refractivity contribution in [3.05, 3.63) is 0 Å². The summed E-state index contributed by atoms with van der Waals surface area (Å²) in [5, 5.41) is 12.2. The third kappa shape index (κ3) is 10.4. The highest BCUT2D eigenvalue weighted by atomic mass is 16.5. The molecule has 0 aliphatic rings. The molecule has 0 aromatic carbocycles. The molecule has 0 rings (SSSR count). The highest BCUT2D eigenvalue weighted by Crippen LogP contribution is 2.20. The zero-order valence-electron chi connectivity index (χ0n) is 11.6. The van der Waals surface area contributed by atoms with Crippen LogP contribution in [-0.2, 0) is 4.74 Å². The lowest BCUT2D eigenvalue weighted by Gasteiger charge is -2.25. The molecule has 3 heteroatoms. The average Bonchev–Trinajstić information content (AvgIpc) is 2.12. The van der Waals surface area contributed by atoms with Crippen molar-refractivity contribution in [3.8, 4) is 0 Å². The maximum absolute atomic E-state index is 8.79. The molecule has 0 saturated carbocycles. The number of hydrogen-bond acceptors (Lipinski definition) is 3. The minimum Gasteiger partial charge on any atom is -0.396 e. The van der Waals surface area contributed by atoms with Gasteiger partial charge < -0.3 is 15.2 Å². The van der Waals surface area contributed by atoms with Gasteiger partial charge in [-0.3, -0.25) is 0 Å². The van der Waals surface area contributed by atoms with E-state index in [1.807, 2.05) is 0 Å². The molecule has 0 aliphatic carbocycles. The van der Waals surface area contributed by atoms with E-state index in [2.05, 4.69) is 39.9 Å². The predicted molar refractivity (Wildman–Crippen MR) is 68.7 cm³/mol. The van der Waals surface area contributed by atoms with Crippen molar-refractivity contribution in [2.45, 2.75) is 53.1 Å². The van der Waals surface area contributed by atoms with Crippen molar-refractivity contribution in [3.63, 3.8) is 0 Å². The lowest BCUT2D eigenvalue weighted by Crippen LogP contribution is -2.33. The van der Waals surface area contributed by atoms with E-state index in [1.54, 1.807) is 0 Å². The molecule has 0 radical (unpaired) electrons. The molecule has 98 valence electrons. The van der Waals surface area contributed by atoms with Gasteiger partial charge in [0.2, 0.25) is 0 Å². The third-order valence-corrected chi connectivity index (χ3v) is 2.43. The average molecular weight is 231 g/mol. The summed E-state index contributed by atoms with van der Waals surface area (Å²) < 4.78 is 5.62. The van der Waals surface area contributed by atoms with Gasteiger partial charge in [0.25, 0.3) is 0 Å². The fourth-order valence-electron chi connectivity index (χ4n) is 1.50. The maximum atomic E-state index is 8.79. The number of ether oxygens (including phenoxy) is 1. The van der Waals surface area contributed by atoms with Crippen molar-refractivity contribution in [2.75, 3.05) is 26.3 Å². The molecule has 0 aromatic rings. The van der Waals surface area contributed by atoms with E-state index in [1.165, 1.54) is 0 Å². The van der Waals surface area contributed by atoms with Gasteiger partial charge in [0, 0.05) is 19.7 Å². The Kier molecular flexibility index (Phi) is 7.20. The van der Waals surface area contributed by atoms with Gasteiger partial charge in [-0.05, 0) is 39.0 Å². The Balaban J connectivity index is 3.50. The van der Waals surface area contributed by atoms with Crippen LogP contribution in [0.15, 0.2) is 0 Å². The molecule has 0 aliphatic heterocycles. The first-order valence-corrected chi connectivity index (χ1v) is 6.22. The van der Waals surface area contributed by atoms with Crippen LogP contribution in [0.4, 0.5) is 0 Å². The second-order valence-corrected chi connectivity index (χ2v) is 6.13. The Morgan fingerprint density at radius 1 is 1.12 bits per heavy atom. The van der Waals surface area contributed by atoms with Crippen LogP contribution in [0.25, 0.3) is 0 Å². The molecule has 0 heterocycles. The number of nitrogens with one attached hydrogen (secondary N) is 1. The minimum atomic E-state index is -0.0475. The molecule has 3 nitrogen and oxygen atoms in total. The van der Waals surface area contributed by atoms with Gasteiger partial charge in [0.15, 0.2) is 0 Å². The van der Waals surface area contributed by atoms with Crippen LogP contribution in [0.1, 0.15) is 47.5 Å².